The lowest BCUT2D eigenvalue weighted by molar-refractivity contribution is 0.0642. The van der Waals surface area contributed by atoms with Crippen molar-refractivity contribution in [1.29, 1.82) is 0 Å². The van der Waals surface area contributed by atoms with E-state index in [1.807, 2.05) is 17.5 Å². The van der Waals surface area contributed by atoms with Gasteiger partial charge in [-0.2, -0.15) is 0 Å². The second-order valence-corrected chi connectivity index (χ2v) is 7.89. The maximum absolute atomic E-state index is 12.7. The Morgan fingerprint density at radius 2 is 1.77 bits per heavy atom. The number of fused-ring (bicyclic) bond motifs is 1. The fourth-order valence-corrected chi connectivity index (χ4v) is 4.15. The summed E-state index contributed by atoms with van der Waals surface area (Å²) in [4.78, 5) is 40.3. The standard InChI is InChI=1S/C23H20N2O4S/c1-29-20-9-8-15(13-19(20)21(26)24-11-10-16-5-4-12-30-16)14-25-22(27)17-6-2-3-7-18(17)23(25)28/h2-9,12-13H,10-11,14H2,1H3,(H,24,26). The first-order chi connectivity index (χ1) is 14.6. The van der Waals surface area contributed by atoms with E-state index in [4.69, 9.17) is 4.74 Å². The number of nitrogens with one attached hydrogen (secondary N) is 1. The summed E-state index contributed by atoms with van der Waals surface area (Å²) in [5.74, 6) is -0.468. The topological polar surface area (TPSA) is 75.7 Å². The van der Waals surface area contributed by atoms with Gasteiger partial charge in [-0.25, -0.2) is 0 Å². The van der Waals surface area contributed by atoms with E-state index in [2.05, 4.69) is 5.32 Å². The minimum absolute atomic E-state index is 0.0891. The molecule has 3 amide bonds. The third kappa shape index (κ3) is 3.84. The lowest BCUT2D eigenvalue weighted by Crippen LogP contribution is -2.29. The van der Waals surface area contributed by atoms with E-state index < -0.39 is 0 Å². The molecule has 0 unspecified atom stereocenters. The van der Waals surface area contributed by atoms with Crippen LogP contribution in [0.4, 0.5) is 0 Å². The summed E-state index contributed by atoms with van der Waals surface area (Å²) < 4.78 is 5.33. The number of rotatable bonds is 7. The van der Waals surface area contributed by atoms with Crippen LogP contribution in [-0.2, 0) is 13.0 Å². The molecule has 0 bridgehead atoms. The highest BCUT2D eigenvalue weighted by Gasteiger charge is 2.35. The van der Waals surface area contributed by atoms with Gasteiger partial charge >= 0.3 is 0 Å². The summed E-state index contributed by atoms with van der Waals surface area (Å²) >= 11 is 1.65. The Kier molecular flexibility index (Phi) is 5.63. The molecule has 0 spiro atoms. The summed E-state index contributed by atoms with van der Waals surface area (Å²) in [5, 5.41) is 4.91. The maximum Gasteiger partial charge on any atom is 0.261 e. The van der Waals surface area contributed by atoms with Crippen molar-refractivity contribution in [3.05, 3.63) is 87.1 Å². The SMILES string of the molecule is COc1ccc(CN2C(=O)c3ccccc3C2=O)cc1C(=O)NCCc1cccs1. The monoisotopic (exact) mass is 420 g/mol. The minimum Gasteiger partial charge on any atom is -0.496 e. The molecule has 1 N–H and O–H groups in total. The molecule has 0 radical (unpaired) electrons. The third-order valence-corrected chi connectivity index (χ3v) is 5.90. The Balaban J connectivity index is 1.49. The van der Waals surface area contributed by atoms with Gasteiger partial charge in [-0.05, 0) is 47.7 Å². The van der Waals surface area contributed by atoms with Gasteiger partial charge < -0.3 is 10.1 Å². The van der Waals surface area contributed by atoms with E-state index in [1.54, 1.807) is 53.8 Å². The molecule has 3 aromatic rings. The van der Waals surface area contributed by atoms with Crippen molar-refractivity contribution in [2.45, 2.75) is 13.0 Å². The van der Waals surface area contributed by atoms with Crippen LogP contribution in [0.2, 0.25) is 0 Å². The zero-order valence-corrected chi connectivity index (χ0v) is 17.2. The second-order valence-electron chi connectivity index (χ2n) is 6.86. The van der Waals surface area contributed by atoms with Crippen LogP contribution < -0.4 is 10.1 Å². The summed E-state index contributed by atoms with van der Waals surface area (Å²) in [6.45, 7) is 0.594. The van der Waals surface area contributed by atoms with Gasteiger partial charge in [0.05, 0.1) is 30.3 Å². The number of methoxy groups -OCH3 is 1. The third-order valence-electron chi connectivity index (χ3n) is 4.96. The molecule has 4 rings (SSSR count). The number of benzene rings is 2. The number of nitrogens with zero attached hydrogens (tertiary/aromatic N) is 1. The van der Waals surface area contributed by atoms with E-state index in [0.717, 1.165) is 6.42 Å². The number of hydrogen-bond donors (Lipinski definition) is 1. The molecule has 6 nitrogen and oxygen atoms in total. The highest BCUT2D eigenvalue weighted by atomic mass is 32.1. The molecule has 0 atom stereocenters. The molecular formula is C23H20N2O4S. The highest BCUT2D eigenvalue weighted by Crippen LogP contribution is 2.26. The molecule has 0 aliphatic carbocycles. The number of carbonyl (C=O) groups excluding carboxylic acids is 3. The fourth-order valence-electron chi connectivity index (χ4n) is 3.45. The van der Waals surface area contributed by atoms with Crippen LogP contribution in [0.25, 0.3) is 0 Å². The smallest absolute Gasteiger partial charge is 0.261 e. The molecule has 152 valence electrons. The van der Waals surface area contributed by atoms with Crippen molar-refractivity contribution in [2.24, 2.45) is 0 Å². The predicted molar refractivity (Wildman–Crippen MR) is 114 cm³/mol. The van der Waals surface area contributed by atoms with Crippen molar-refractivity contribution in [1.82, 2.24) is 10.2 Å². The van der Waals surface area contributed by atoms with Gasteiger partial charge in [-0.15, -0.1) is 11.3 Å². The molecule has 2 aromatic carbocycles. The summed E-state index contributed by atoms with van der Waals surface area (Å²) in [6, 6.07) is 15.9. The number of hydrogen-bond acceptors (Lipinski definition) is 5. The molecule has 30 heavy (non-hydrogen) atoms. The zero-order valence-electron chi connectivity index (χ0n) is 16.4. The van der Waals surface area contributed by atoms with Crippen LogP contribution in [0.3, 0.4) is 0 Å². The van der Waals surface area contributed by atoms with Crippen LogP contribution in [-0.4, -0.2) is 36.3 Å². The largest absolute Gasteiger partial charge is 0.496 e. The molecule has 1 aliphatic heterocycles. The lowest BCUT2D eigenvalue weighted by atomic mass is 10.1. The quantitative estimate of drug-likeness (QED) is 0.594. The molecule has 0 saturated heterocycles. The number of imide groups is 1. The Hall–Kier alpha value is -3.45. The van der Waals surface area contributed by atoms with E-state index in [-0.39, 0.29) is 24.3 Å². The van der Waals surface area contributed by atoms with Crippen LogP contribution in [0.5, 0.6) is 5.75 Å². The average molecular weight is 420 g/mol. The predicted octanol–water partition coefficient (Wildman–Crippen LogP) is 3.53. The van der Waals surface area contributed by atoms with Crippen molar-refractivity contribution < 1.29 is 19.1 Å². The maximum atomic E-state index is 12.7. The molecule has 1 aromatic heterocycles. The normalized spacial score (nSPS) is 12.8. The van der Waals surface area contributed by atoms with Crippen molar-refractivity contribution in [3.8, 4) is 5.75 Å². The molecule has 7 heteroatoms. The van der Waals surface area contributed by atoms with Crippen LogP contribution in [0, 0.1) is 0 Å². The van der Waals surface area contributed by atoms with Gasteiger partial charge in [0.25, 0.3) is 17.7 Å². The van der Waals surface area contributed by atoms with Gasteiger partial charge in [0, 0.05) is 11.4 Å². The average Bonchev–Trinajstić information content (AvgIpc) is 3.37. The highest BCUT2D eigenvalue weighted by molar-refractivity contribution is 7.09. The summed E-state index contributed by atoms with van der Waals surface area (Å²) in [7, 11) is 1.50. The first-order valence-electron chi connectivity index (χ1n) is 9.51. The number of carbonyl (C=O) groups is 3. The number of thiophene rings is 1. The first-order valence-corrected chi connectivity index (χ1v) is 10.4. The Bertz CT molecular complexity index is 1070. The molecular weight excluding hydrogens is 400 g/mol. The van der Waals surface area contributed by atoms with Crippen molar-refractivity contribution in [2.75, 3.05) is 13.7 Å². The second kappa shape index (κ2) is 8.51. The molecule has 2 heterocycles. The molecule has 1 aliphatic rings. The van der Waals surface area contributed by atoms with Crippen molar-refractivity contribution in [3.63, 3.8) is 0 Å². The van der Waals surface area contributed by atoms with Crippen LogP contribution in [0.1, 0.15) is 41.5 Å². The summed E-state index contributed by atoms with van der Waals surface area (Å²) in [6.07, 6.45) is 0.750. The van der Waals surface area contributed by atoms with Gasteiger partial charge in [0.1, 0.15) is 5.75 Å². The Labute approximate surface area is 178 Å². The molecule has 0 saturated carbocycles. The van der Waals surface area contributed by atoms with Gasteiger partial charge in [-0.3, -0.25) is 19.3 Å². The van der Waals surface area contributed by atoms with E-state index >= 15 is 0 Å². The number of ether oxygens (including phenoxy) is 1. The van der Waals surface area contributed by atoms with E-state index in [1.165, 1.54) is 16.9 Å². The fraction of sp³-hybridized carbons (Fsp3) is 0.174. The van der Waals surface area contributed by atoms with E-state index in [0.29, 0.717) is 34.5 Å². The minimum atomic E-state index is -0.326. The Morgan fingerprint density at radius 1 is 1.03 bits per heavy atom. The first kappa shape index (κ1) is 19.8. The summed E-state index contributed by atoms with van der Waals surface area (Å²) in [5.41, 5.74) is 1.86. The zero-order chi connectivity index (χ0) is 21.1. The van der Waals surface area contributed by atoms with Crippen LogP contribution in [0.15, 0.2) is 60.0 Å². The van der Waals surface area contributed by atoms with Gasteiger partial charge in [0.2, 0.25) is 0 Å². The van der Waals surface area contributed by atoms with Gasteiger partial charge in [0.15, 0.2) is 0 Å². The van der Waals surface area contributed by atoms with Gasteiger partial charge in [-0.1, -0.05) is 24.3 Å². The molecule has 0 fully saturated rings. The van der Waals surface area contributed by atoms with E-state index in [9.17, 15) is 14.4 Å². The lowest BCUT2D eigenvalue weighted by Gasteiger charge is -2.16. The number of amides is 3. The van der Waals surface area contributed by atoms with Crippen molar-refractivity contribution >= 4 is 29.1 Å². The van der Waals surface area contributed by atoms with Crippen LogP contribution >= 0.6 is 11.3 Å². The Morgan fingerprint density at radius 3 is 2.40 bits per heavy atom.